The number of rotatable bonds is 7. The first-order valence-corrected chi connectivity index (χ1v) is 7.86. The minimum absolute atomic E-state index is 0.166. The summed E-state index contributed by atoms with van der Waals surface area (Å²) >= 11 is 1.85. The number of methoxy groups -OCH3 is 1. The van der Waals surface area contributed by atoms with Crippen molar-refractivity contribution in [3.63, 3.8) is 0 Å². The zero-order chi connectivity index (χ0) is 14.2. The molecule has 0 heterocycles. The van der Waals surface area contributed by atoms with Gasteiger partial charge in [0.2, 0.25) is 0 Å². The van der Waals surface area contributed by atoms with Gasteiger partial charge in [0.1, 0.15) is 0 Å². The molecule has 0 saturated carbocycles. The summed E-state index contributed by atoms with van der Waals surface area (Å²) in [7, 11) is 1.74. The average Bonchev–Trinajstić information content (AvgIpc) is 2.50. The van der Waals surface area contributed by atoms with E-state index < -0.39 is 0 Å². The Kier molecular flexibility index (Phi) is 5.96. The number of thioether (sulfide) groups is 1. The van der Waals surface area contributed by atoms with E-state index in [1.165, 1.54) is 16.1 Å². The first kappa shape index (κ1) is 14.9. The molecule has 1 atom stereocenters. The van der Waals surface area contributed by atoms with E-state index in [-0.39, 0.29) is 6.04 Å². The van der Waals surface area contributed by atoms with Crippen molar-refractivity contribution in [3.8, 4) is 0 Å². The topological polar surface area (TPSA) is 21.3 Å². The van der Waals surface area contributed by atoms with Crippen molar-refractivity contribution in [2.45, 2.75) is 17.9 Å². The van der Waals surface area contributed by atoms with Crippen LogP contribution in [-0.2, 0) is 4.74 Å². The van der Waals surface area contributed by atoms with E-state index in [2.05, 4.69) is 60.8 Å². The lowest BCUT2D eigenvalue weighted by molar-refractivity contribution is 0.186. The number of nitrogens with one attached hydrogen (secondary N) is 1. The lowest BCUT2D eigenvalue weighted by Gasteiger charge is -2.21. The van der Waals surface area contributed by atoms with Gasteiger partial charge < -0.3 is 10.1 Å². The number of benzene rings is 2. The number of para-hydroxylation sites is 1. The molecule has 106 valence electrons. The van der Waals surface area contributed by atoms with E-state index in [9.17, 15) is 0 Å². The van der Waals surface area contributed by atoms with Crippen LogP contribution >= 0.6 is 11.8 Å². The molecule has 2 nitrogen and oxygen atoms in total. The second-order valence-electron chi connectivity index (χ2n) is 4.49. The van der Waals surface area contributed by atoms with Crippen LogP contribution in [0.2, 0.25) is 0 Å². The van der Waals surface area contributed by atoms with Gasteiger partial charge >= 0.3 is 0 Å². The van der Waals surface area contributed by atoms with Gasteiger partial charge in [0.15, 0.2) is 0 Å². The predicted molar refractivity (Wildman–Crippen MR) is 87.5 cm³/mol. The van der Waals surface area contributed by atoms with Crippen molar-refractivity contribution in [3.05, 3.63) is 60.2 Å². The quantitative estimate of drug-likeness (QED) is 0.752. The molecule has 2 aromatic rings. The van der Waals surface area contributed by atoms with Gasteiger partial charge in [-0.2, -0.15) is 0 Å². The van der Waals surface area contributed by atoms with Gasteiger partial charge in [0, 0.05) is 17.7 Å². The highest BCUT2D eigenvalue weighted by Crippen LogP contribution is 2.29. The molecule has 0 aliphatic carbocycles. The fourth-order valence-corrected chi connectivity index (χ4v) is 2.90. The van der Waals surface area contributed by atoms with Crippen LogP contribution in [0.5, 0.6) is 0 Å². The third kappa shape index (κ3) is 4.02. The SMILES string of the molecule is CCSc1ccccc1NC(COC)c1ccccc1. The summed E-state index contributed by atoms with van der Waals surface area (Å²) in [5.41, 5.74) is 2.41. The zero-order valence-electron chi connectivity index (χ0n) is 12.0. The first-order valence-electron chi connectivity index (χ1n) is 6.87. The molecule has 0 amide bonds. The maximum atomic E-state index is 5.36. The third-order valence-corrected chi connectivity index (χ3v) is 4.01. The summed E-state index contributed by atoms with van der Waals surface area (Å²) in [6, 6.07) is 19.0. The zero-order valence-corrected chi connectivity index (χ0v) is 12.8. The van der Waals surface area contributed by atoms with Crippen LogP contribution in [-0.4, -0.2) is 19.5 Å². The molecule has 0 aliphatic heterocycles. The molecular weight excluding hydrogens is 266 g/mol. The third-order valence-electron chi connectivity index (χ3n) is 3.05. The van der Waals surface area contributed by atoms with E-state index in [0.29, 0.717) is 6.61 Å². The predicted octanol–water partition coefficient (Wildman–Crippen LogP) is 4.60. The lowest BCUT2D eigenvalue weighted by Crippen LogP contribution is -2.16. The van der Waals surface area contributed by atoms with Crippen molar-refractivity contribution in [1.82, 2.24) is 0 Å². The number of hydrogen-bond acceptors (Lipinski definition) is 3. The molecule has 0 bridgehead atoms. The standard InChI is InChI=1S/C17H21NOS/c1-3-20-17-12-8-7-11-15(17)18-16(13-19-2)14-9-5-4-6-10-14/h4-12,16,18H,3,13H2,1-2H3. The summed E-state index contributed by atoms with van der Waals surface area (Å²) in [6.07, 6.45) is 0. The largest absolute Gasteiger partial charge is 0.382 e. The monoisotopic (exact) mass is 287 g/mol. The Hall–Kier alpha value is -1.45. The molecule has 0 aromatic heterocycles. The summed E-state index contributed by atoms with van der Waals surface area (Å²) in [5.74, 6) is 1.07. The molecule has 0 aliphatic rings. The fraction of sp³-hybridized carbons (Fsp3) is 0.294. The average molecular weight is 287 g/mol. The van der Waals surface area contributed by atoms with Gasteiger partial charge in [-0.25, -0.2) is 0 Å². The highest BCUT2D eigenvalue weighted by atomic mass is 32.2. The van der Waals surface area contributed by atoms with Crippen LogP contribution in [0.1, 0.15) is 18.5 Å². The molecule has 20 heavy (non-hydrogen) atoms. The molecule has 1 unspecified atom stereocenters. The molecule has 0 radical (unpaired) electrons. The van der Waals surface area contributed by atoms with E-state index in [4.69, 9.17) is 4.74 Å². The Morgan fingerprint density at radius 2 is 1.75 bits per heavy atom. The van der Waals surface area contributed by atoms with Crippen molar-refractivity contribution >= 4 is 17.4 Å². The Balaban J connectivity index is 2.20. The van der Waals surface area contributed by atoms with Crippen LogP contribution in [0.25, 0.3) is 0 Å². The molecule has 0 saturated heterocycles. The minimum atomic E-state index is 0.166. The second-order valence-corrected chi connectivity index (χ2v) is 5.80. The Morgan fingerprint density at radius 3 is 2.45 bits per heavy atom. The van der Waals surface area contributed by atoms with Crippen LogP contribution in [0.15, 0.2) is 59.5 Å². The molecule has 0 fully saturated rings. The smallest absolute Gasteiger partial charge is 0.0747 e. The van der Waals surface area contributed by atoms with Gasteiger partial charge in [0.05, 0.1) is 12.6 Å². The number of ether oxygens (including phenoxy) is 1. The summed E-state index contributed by atoms with van der Waals surface area (Å²) in [6.45, 7) is 2.82. The van der Waals surface area contributed by atoms with Gasteiger partial charge in [-0.1, -0.05) is 49.4 Å². The van der Waals surface area contributed by atoms with Crippen molar-refractivity contribution < 1.29 is 4.74 Å². The van der Waals surface area contributed by atoms with Crippen LogP contribution in [0.4, 0.5) is 5.69 Å². The van der Waals surface area contributed by atoms with Crippen LogP contribution < -0.4 is 5.32 Å². The highest BCUT2D eigenvalue weighted by Gasteiger charge is 2.12. The lowest BCUT2D eigenvalue weighted by atomic mass is 10.1. The molecule has 1 N–H and O–H groups in total. The molecule has 3 heteroatoms. The normalized spacial score (nSPS) is 12.1. The number of hydrogen-bond donors (Lipinski definition) is 1. The minimum Gasteiger partial charge on any atom is -0.382 e. The highest BCUT2D eigenvalue weighted by molar-refractivity contribution is 7.99. The fourth-order valence-electron chi connectivity index (χ4n) is 2.13. The van der Waals surface area contributed by atoms with Crippen molar-refractivity contribution in [1.29, 1.82) is 0 Å². The van der Waals surface area contributed by atoms with E-state index in [1.807, 2.05) is 17.8 Å². The Bertz CT molecular complexity index is 515. The van der Waals surface area contributed by atoms with Gasteiger partial charge in [-0.05, 0) is 23.4 Å². The molecule has 0 spiro atoms. The Morgan fingerprint density at radius 1 is 1.05 bits per heavy atom. The van der Waals surface area contributed by atoms with E-state index in [1.54, 1.807) is 7.11 Å². The summed E-state index contributed by atoms with van der Waals surface area (Å²) < 4.78 is 5.36. The maximum Gasteiger partial charge on any atom is 0.0747 e. The van der Waals surface area contributed by atoms with Gasteiger partial charge in [-0.3, -0.25) is 0 Å². The first-order chi connectivity index (χ1) is 9.85. The Labute approximate surface area is 125 Å². The van der Waals surface area contributed by atoms with Crippen molar-refractivity contribution in [2.75, 3.05) is 24.8 Å². The number of anilines is 1. The second kappa shape index (κ2) is 7.98. The van der Waals surface area contributed by atoms with Crippen LogP contribution in [0.3, 0.4) is 0 Å². The van der Waals surface area contributed by atoms with Crippen molar-refractivity contribution in [2.24, 2.45) is 0 Å². The molecular formula is C17H21NOS. The maximum absolute atomic E-state index is 5.36. The summed E-state index contributed by atoms with van der Waals surface area (Å²) in [5, 5.41) is 3.60. The van der Waals surface area contributed by atoms with E-state index in [0.717, 1.165) is 5.75 Å². The van der Waals surface area contributed by atoms with Gasteiger partial charge in [-0.15, -0.1) is 11.8 Å². The summed E-state index contributed by atoms with van der Waals surface area (Å²) in [4.78, 5) is 1.28. The molecule has 2 aromatic carbocycles. The van der Waals surface area contributed by atoms with E-state index >= 15 is 0 Å². The van der Waals surface area contributed by atoms with Gasteiger partial charge in [0.25, 0.3) is 0 Å². The molecule has 2 rings (SSSR count). The van der Waals surface area contributed by atoms with Crippen LogP contribution in [0, 0.1) is 0 Å².